The lowest BCUT2D eigenvalue weighted by Crippen LogP contribution is -2.37. The highest BCUT2D eigenvalue weighted by Gasteiger charge is 2.14. The molecule has 1 aromatic rings. The molecule has 0 amide bonds. The molecule has 1 rings (SSSR count). The minimum Gasteiger partial charge on any atom is -0.304 e. The normalized spacial score (nSPS) is 14.2. The summed E-state index contributed by atoms with van der Waals surface area (Å²) >= 11 is 0. The number of nitrogens with zero attached hydrogens (tertiary/aromatic N) is 1. The molecule has 0 spiro atoms. The van der Waals surface area contributed by atoms with Crippen molar-refractivity contribution in [3.8, 4) is 0 Å². The van der Waals surface area contributed by atoms with Gasteiger partial charge in [-0.25, -0.2) is 0 Å². The zero-order chi connectivity index (χ0) is 9.90. The molecule has 0 aliphatic carbocycles. The highest BCUT2D eigenvalue weighted by molar-refractivity contribution is 5.08. The molecule has 1 atom stereocenters. The van der Waals surface area contributed by atoms with Crippen LogP contribution in [-0.4, -0.2) is 10.5 Å². The second-order valence-electron chi connectivity index (χ2n) is 4.37. The highest BCUT2D eigenvalue weighted by atomic mass is 15.0. The first-order chi connectivity index (χ1) is 5.99. The fraction of sp³-hybridized carbons (Fsp3) is 0.545. The average Bonchev–Trinajstić information content (AvgIpc) is 2.03. The lowest BCUT2D eigenvalue weighted by Gasteiger charge is -2.25. The molecule has 0 aliphatic heterocycles. The topological polar surface area (TPSA) is 24.9 Å². The van der Waals surface area contributed by atoms with Gasteiger partial charge < -0.3 is 5.32 Å². The molecule has 72 valence electrons. The van der Waals surface area contributed by atoms with Gasteiger partial charge in [-0.05, 0) is 39.8 Å². The minimum absolute atomic E-state index is 0.136. The van der Waals surface area contributed by atoms with E-state index >= 15 is 0 Å². The second kappa shape index (κ2) is 3.88. The fourth-order valence-corrected chi connectivity index (χ4v) is 1.36. The first-order valence-electron chi connectivity index (χ1n) is 4.68. The Morgan fingerprint density at radius 3 is 2.46 bits per heavy atom. The van der Waals surface area contributed by atoms with Crippen molar-refractivity contribution in [1.29, 1.82) is 0 Å². The zero-order valence-corrected chi connectivity index (χ0v) is 8.83. The molecular weight excluding hydrogens is 160 g/mol. The Morgan fingerprint density at radius 1 is 1.31 bits per heavy atom. The number of aromatic nitrogens is 1. The number of pyridine rings is 1. The van der Waals surface area contributed by atoms with Gasteiger partial charge in [0.2, 0.25) is 0 Å². The third-order valence-corrected chi connectivity index (χ3v) is 1.78. The van der Waals surface area contributed by atoms with Crippen LogP contribution in [0.15, 0.2) is 24.4 Å². The summed E-state index contributed by atoms with van der Waals surface area (Å²) in [7, 11) is 0. The first-order valence-corrected chi connectivity index (χ1v) is 4.68. The molecule has 0 aliphatic rings. The van der Waals surface area contributed by atoms with Crippen molar-refractivity contribution in [3.05, 3.63) is 30.1 Å². The van der Waals surface area contributed by atoms with Gasteiger partial charge in [0.1, 0.15) is 0 Å². The maximum Gasteiger partial charge on any atom is 0.0570 e. The molecule has 0 fully saturated rings. The van der Waals surface area contributed by atoms with E-state index in [0.717, 1.165) is 5.69 Å². The van der Waals surface area contributed by atoms with Crippen molar-refractivity contribution in [3.63, 3.8) is 0 Å². The van der Waals surface area contributed by atoms with Crippen molar-refractivity contribution < 1.29 is 0 Å². The molecule has 1 aromatic heterocycles. The standard InChI is InChI=1S/C11H18N2/c1-9(13-11(2,3)4)10-7-5-6-8-12-10/h5-9,13H,1-4H3/t9-/m0/s1. The van der Waals surface area contributed by atoms with E-state index in [9.17, 15) is 0 Å². The van der Waals surface area contributed by atoms with Crippen molar-refractivity contribution in [2.24, 2.45) is 0 Å². The third-order valence-electron chi connectivity index (χ3n) is 1.78. The van der Waals surface area contributed by atoms with Gasteiger partial charge in [0.15, 0.2) is 0 Å². The molecule has 0 bridgehead atoms. The number of hydrogen-bond donors (Lipinski definition) is 1. The van der Waals surface area contributed by atoms with Gasteiger partial charge in [-0.2, -0.15) is 0 Å². The summed E-state index contributed by atoms with van der Waals surface area (Å²) < 4.78 is 0. The molecule has 2 nitrogen and oxygen atoms in total. The molecule has 1 N–H and O–H groups in total. The maximum atomic E-state index is 4.30. The van der Waals surface area contributed by atoms with Crippen LogP contribution >= 0.6 is 0 Å². The van der Waals surface area contributed by atoms with Crippen LogP contribution in [0, 0.1) is 0 Å². The second-order valence-corrected chi connectivity index (χ2v) is 4.37. The Bertz CT molecular complexity index is 249. The van der Waals surface area contributed by atoms with Gasteiger partial charge in [-0.3, -0.25) is 4.98 Å². The Balaban J connectivity index is 2.64. The summed E-state index contributed by atoms with van der Waals surface area (Å²) in [6.45, 7) is 8.61. The Hall–Kier alpha value is -0.890. The van der Waals surface area contributed by atoms with E-state index in [4.69, 9.17) is 0 Å². The van der Waals surface area contributed by atoms with Crippen molar-refractivity contribution in [1.82, 2.24) is 10.3 Å². The van der Waals surface area contributed by atoms with E-state index in [1.54, 1.807) is 0 Å². The molecule has 0 unspecified atom stereocenters. The van der Waals surface area contributed by atoms with Crippen molar-refractivity contribution >= 4 is 0 Å². The summed E-state index contributed by atoms with van der Waals surface area (Å²) in [6, 6.07) is 6.31. The van der Waals surface area contributed by atoms with Crippen LogP contribution in [0.2, 0.25) is 0 Å². The van der Waals surface area contributed by atoms with Gasteiger partial charge in [-0.15, -0.1) is 0 Å². The van der Waals surface area contributed by atoms with E-state index < -0.39 is 0 Å². The smallest absolute Gasteiger partial charge is 0.0570 e. The molecule has 1 heterocycles. The van der Waals surface area contributed by atoms with E-state index in [1.165, 1.54) is 0 Å². The molecule has 0 saturated heterocycles. The van der Waals surface area contributed by atoms with Gasteiger partial charge in [0.25, 0.3) is 0 Å². The van der Waals surface area contributed by atoms with Crippen molar-refractivity contribution in [2.45, 2.75) is 39.3 Å². The van der Waals surface area contributed by atoms with E-state index in [1.807, 2.05) is 24.4 Å². The summed E-state index contributed by atoms with van der Waals surface area (Å²) in [4.78, 5) is 4.30. The van der Waals surface area contributed by atoms with E-state index in [2.05, 4.69) is 38.0 Å². The predicted molar refractivity (Wildman–Crippen MR) is 55.5 cm³/mol. The summed E-state index contributed by atoms with van der Waals surface area (Å²) in [5.41, 5.74) is 1.23. The van der Waals surface area contributed by atoms with Crippen LogP contribution in [0.4, 0.5) is 0 Å². The van der Waals surface area contributed by atoms with Gasteiger partial charge in [0, 0.05) is 17.8 Å². The number of rotatable bonds is 2. The van der Waals surface area contributed by atoms with E-state index in [0.29, 0.717) is 6.04 Å². The Labute approximate surface area is 80.4 Å². The van der Waals surface area contributed by atoms with Crippen LogP contribution in [0.5, 0.6) is 0 Å². The van der Waals surface area contributed by atoms with E-state index in [-0.39, 0.29) is 5.54 Å². The first kappa shape index (κ1) is 10.2. The van der Waals surface area contributed by atoms with Crippen LogP contribution in [0.1, 0.15) is 39.4 Å². The van der Waals surface area contributed by atoms with Crippen LogP contribution in [0.3, 0.4) is 0 Å². The van der Waals surface area contributed by atoms with Gasteiger partial charge >= 0.3 is 0 Å². The largest absolute Gasteiger partial charge is 0.304 e. The average molecular weight is 178 g/mol. The molecule has 2 heteroatoms. The Kier molecular flexibility index (Phi) is 3.04. The minimum atomic E-state index is 0.136. The van der Waals surface area contributed by atoms with Gasteiger partial charge in [0.05, 0.1) is 5.69 Å². The van der Waals surface area contributed by atoms with Crippen LogP contribution in [0.25, 0.3) is 0 Å². The molecule has 0 aromatic carbocycles. The number of hydrogen-bond acceptors (Lipinski definition) is 2. The maximum absolute atomic E-state index is 4.30. The quantitative estimate of drug-likeness (QED) is 0.752. The lowest BCUT2D eigenvalue weighted by molar-refractivity contribution is 0.374. The molecule has 0 radical (unpaired) electrons. The summed E-state index contributed by atoms with van der Waals surface area (Å²) in [6.07, 6.45) is 1.83. The molecular formula is C11H18N2. The van der Waals surface area contributed by atoms with Gasteiger partial charge in [-0.1, -0.05) is 6.07 Å². The fourth-order valence-electron chi connectivity index (χ4n) is 1.36. The third kappa shape index (κ3) is 3.55. The lowest BCUT2D eigenvalue weighted by atomic mass is 10.1. The van der Waals surface area contributed by atoms with Crippen molar-refractivity contribution in [2.75, 3.05) is 0 Å². The SMILES string of the molecule is C[C@H](NC(C)(C)C)c1ccccn1. The van der Waals surface area contributed by atoms with Crippen LogP contribution in [-0.2, 0) is 0 Å². The zero-order valence-electron chi connectivity index (χ0n) is 8.83. The predicted octanol–water partition coefficient (Wildman–Crippen LogP) is 2.53. The monoisotopic (exact) mass is 178 g/mol. The highest BCUT2D eigenvalue weighted by Crippen LogP contribution is 2.12. The molecule has 0 saturated carbocycles. The molecule has 13 heavy (non-hydrogen) atoms. The summed E-state index contributed by atoms with van der Waals surface area (Å²) in [5.74, 6) is 0. The Morgan fingerprint density at radius 2 is 2.00 bits per heavy atom. The number of nitrogens with one attached hydrogen (secondary N) is 1. The van der Waals surface area contributed by atoms with Crippen LogP contribution < -0.4 is 5.32 Å². The summed E-state index contributed by atoms with van der Waals surface area (Å²) in [5, 5.41) is 3.47.